The van der Waals surface area contributed by atoms with Crippen molar-refractivity contribution in [2.24, 2.45) is 5.92 Å². The summed E-state index contributed by atoms with van der Waals surface area (Å²) < 4.78 is 5.22. The summed E-state index contributed by atoms with van der Waals surface area (Å²) in [6, 6.07) is 3.22. The third kappa shape index (κ3) is 3.64. The topological polar surface area (TPSA) is 64.3 Å². The van der Waals surface area contributed by atoms with E-state index < -0.39 is 0 Å². The average molecular weight is 297 g/mol. The predicted octanol–water partition coefficient (Wildman–Crippen LogP) is 2.89. The number of methoxy groups -OCH3 is 1. The number of ether oxygens (including phenoxy) is 1. The molecule has 110 valence electrons. The Balaban J connectivity index is 2.02. The number of nitrogen functional groups attached to an aromatic ring is 1. The predicted molar refractivity (Wildman–Crippen MR) is 81.6 cm³/mol. The number of nitrogens with one attached hydrogen (secondary N) is 1. The van der Waals surface area contributed by atoms with Crippen molar-refractivity contribution in [1.29, 1.82) is 0 Å². The molecule has 1 heterocycles. The monoisotopic (exact) mass is 296 g/mol. The molecule has 0 unspecified atom stereocenters. The summed E-state index contributed by atoms with van der Waals surface area (Å²) in [6.07, 6.45) is 3.74. The number of ketones is 1. The number of rotatable bonds is 5. The SMILES string of the molecule is COc1cc(N)c(Cl)cc1C(=O)CCC1CCNCC1. The summed E-state index contributed by atoms with van der Waals surface area (Å²) in [4.78, 5) is 12.3. The van der Waals surface area contributed by atoms with E-state index in [2.05, 4.69) is 5.32 Å². The average Bonchev–Trinajstić information content (AvgIpc) is 2.48. The minimum absolute atomic E-state index is 0.0716. The van der Waals surface area contributed by atoms with Gasteiger partial charge < -0.3 is 15.8 Å². The highest BCUT2D eigenvalue weighted by atomic mass is 35.5. The first-order valence-electron chi connectivity index (χ1n) is 6.98. The highest BCUT2D eigenvalue weighted by Gasteiger charge is 2.18. The fourth-order valence-corrected chi connectivity index (χ4v) is 2.76. The number of Topliss-reactive ketones (excluding diaryl/α,β-unsaturated/α-hetero) is 1. The van der Waals surface area contributed by atoms with E-state index in [1.807, 2.05) is 0 Å². The van der Waals surface area contributed by atoms with Crippen molar-refractivity contribution in [2.75, 3.05) is 25.9 Å². The van der Waals surface area contributed by atoms with E-state index >= 15 is 0 Å². The van der Waals surface area contributed by atoms with Crippen LogP contribution in [-0.2, 0) is 0 Å². The number of carbonyl (C=O) groups is 1. The van der Waals surface area contributed by atoms with Gasteiger partial charge >= 0.3 is 0 Å². The Kier molecular flexibility index (Phi) is 5.26. The summed E-state index contributed by atoms with van der Waals surface area (Å²) in [5, 5.41) is 3.73. The Morgan fingerprint density at radius 1 is 1.45 bits per heavy atom. The van der Waals surface area contributed by atoms with Crippen molar-refractivity contribution in [1.82, 2.24) is 5.32 Å². The highest BCUT2D eigenvalue weighted by Crippen LogP contribution is 2.30. The van der Waals surface area contributed by atoms with Crippen LogP contribution in [0, 0.1) is 5.92 Å². The van der Waals surface area contributed by atoms with E-state index in [9.17, 15) is 4.79 Å². The Labute approximate surface area is 124 Å². The van der Waals surface area contributed by atoms with Crippen molar-refractivity contribution in [3.8, 4) is 5.75 Å². The van der Waals surface area contributed by atoms with Crippen LogP contribution < -0.4 is 15.8 Å². The molecule has 3 N–H and O–H groups in total. The second-order valence-electron chi connectivity index (χ2n) is 5.23. The number of hydrogen-bond donors (Lipinski definition) is 2. The Morgan fingerprint density at radius 3 is 2.80 bits per heavy atom. The molecule has 0 bridgehead atoms. The Hall–Kier alpha value is -1.26. The summed E-state index contributed by atoms with van der Waals surface area (Å²) in [5.74, 6) is 1.21. The van der Waals surface area contributed by atoms with Gasteiger partial charge in [-0.3, -0.25) is 4.79 Å². The second kappa shape index (κ2) is 6.95. The van der Waals surface area contributed by atoms with Gasteiger partial charge in [-0.2, -0.15) is 0 Å². The van der Waals surface area contributed by atoms with Crippen LogP contribution in [-0.4, -0.2) is 26.0 Å². The molecule has 1 aromatic rings. The summed E-state index contributed by atoms with van der Waals surface area (Å²) in [7, 11) is 1.53. The molecule has 4 nitrogen and oxygen atoms in total. The van der Waals surface area contributed by atoms with Gasteiger partial charge in [0.2, 0.25) is 0 Å². The molecule has 0 spiro atoms. The maximum atomic E-state index is 12.3. The molecule has 0 radical (unpaired) electrons. The molecule has 0 aromatic heterocycles. The molecule has 1 aliphatic rings. The maximum Gasteiger partial charge on any atom is 0.166 e. The van der Waals surface area contributed by atoms with Crippen LogP contribution in [0.4, 0.5) is 5.69 Å². The molecule has 20 heavy (non-hydrogen) atoms. The van der Waals surface area contributed by atoms with E-state index in [1.165, 1.54) is 7.11 Å². The van der Waals surface area contributed by atoms with Crippen LogP contribution in [0.3, 0.4) is 0 Å². The first-order valence-corrected chi connectivity index (χ1v) is 7.36. The molecule has 1 aromatic carbocycles. The Morgan fingerprint density at radius 2 is 2.15 bits per heavy atom. The number of benzene rings is 1. The van der Waals surface area contributed by atoms with E-state index in [0.29, 0.717) is 34.4 Å². The first kappa shape index (κ1) is 15.1. The van der Waals surface area contributed by atoms with Crippen molar-refractivity contribution in [2.45, 2.75) is 25.7 Å². The van der Waals surface area contributed by atoms with Crippen molar-refractivity contribution in [3.63, 3.8) is 0 Å². The lowest BCUT2D eigenvalue weighted by Gasteiger charge is -2.22. The van der Waals surface area contributed by atoms with E-state index in [4.69, 9.17) is 22.1 Å². The molecule has 1 aliphatic heterocycles. The van der Waals surface area contributed by atoms with E-state index in [-0.39, 0.29) is 5.78 Å². The highest BCUT2D eigenvalue weighted by molar-refractivity contribution is 6.33. The second-order valence-corrected chi connectivity index (χ2v) is 5.64. The van der Waals surface area contributed by atoms with Crippen molar-refractivity contribution < 1.29 is 9.53 Å². The molecule has 0 atom stereocenters. The normalized spacial score (nSPS) is 16.1. The lowest BCUT2D eigenvalue weighted by Crippen LogP contribution is -2.28. The molecular weight excluding hydrogens is 276 g/mol. The fraction of sp³-hybridized carbons (Fsp3) is 0.533. The molecule has 0 saturated carbocycles. The molecule has 2 rings (SSSR count). The van der Waals surface area contributed by atoms with Gasteiger partial charge in [0.15, 0.2) is 5.78 Å². The molecule has 5 heteroatoms. The number of hydrogen-bond acceptors (Lipinski definition) is 4. The molecule has 0 aliphatic carbocycles. The molecular formula is C15H21ClN2O2. The van der Waals surface area contributed by atoms with Crippen molar-refractivity contribution in [3.05, 3.63) is 22.7 Å². The zero-order valence-corrected chi connectivity index (χ0v) is 12.5. The van der Waals surface area contributed by atoms with Crippen LogP contribution >= 0.6 is 11.6 Å². The third-order valence-corrected chi connectivity index (χ3v) is 4.18. The van der Waals surface area contributed by atoms with Crippen molar-refractivity contribution >= 4 is 23.1 Å². The van der Waals surface area contributed by atoms with Crippen LogP contribution in [0.15, 0.2) is 12.1 Å². The summed E-state index contributed by atoms with van der Waals surface area (Å²) >= 11 is 5.99. The fourth-order valence-electron chi connectivity index (χ4n) is 2.60. The van der Waals surface area contributed by atoms with Crippen LogP contribution in [0.1, 0.15) is 36.0 Å². The lowest BCUT2D eigenvalue weighted by atomic mass is 9.91. The van der Waals surface area contributed by atoms with Gasteiger partial charge in [0.25, 0.3) is 0 Å². The van der Waals surface area contributed by atoms with Crippen LogP contribution in [0.25, 0.3) is 0 Å². The smallest absolute Gasteiger partial charge is 0.166 e. The van der Waals surface area contributed by atoms with Gasteiger partial charge in [-0.25, -0.2) is 0 Å². The van der Waals surface area contributed by atoms with E-state index in [0.717, 1.165) is 32.4 Å². The largest absolute Gasteiger partial charge is 0.496 e. The molecule has 0 amide bonds. The van der Waals surface area contributed by atoms with Gasteiger partial charge in [0, 0.05) is 12.5 Å². The third-order valence-electron chi connectivity index (χ3n) is 3.86. The number of halogens is 1. The summed E-state index contributed by atoms with van der Waals surface area (Å²) in [5.41, 5.74) is 6.68. The van der Waals surface area contributed by atoms with Crippen LogP contribution in [0.2, 0.25) is 5.02 Å². The maximum absolute atomic E-state index is 12.3. The van der Waals surface area contributed by atoms with Gasteiger partial charge in [-0.05, 0) is 44.3 Å². The standard InChI is InChI=1S/C15H21ClN2O2/c1-20-15-9-13(17)12(16)8-11(15)14(19)3-2-10-4-6-18-7-5-10/h8-10,18H,2-7,17H2,1H3. The number of carbonyl (C=O) groups excluding carboxylic acids is 1. The minimum Gasteiger partial charge on any atom is -0.496 e. The van der Waals surface area contributed by atoms with E-state index in [1.54, 1.807) is 12.1 Å². The number of nitrogens with two attached hydrogens (primary N) is 1. The Bertz CT molecular complexity index is 485. The van der Waals surface area contributed by atoms with Gasteiger partial charge in [0.05, 0.1) is 23.4 Å². The number of piperidine rings is 1. The molecule has 1 saturated heterocycles. The van der Waals surface area contributed by atoms with Crippen LogP contribution in [0.5, 0.6) is 5.75 Å². The first-order chi connectivity index (χ1) is 9.61. The zero-order chi connectivity index (χ0) is 14.5. The van der Waals surface area contributed by atoms with Gasteiger partial charge in [-0.1, -0.05) is 11.6 Å². The van der Waals surface area contributed by atoms with Gasteiger partial charge in [0.1, 0.15) is 5.75 Å². The molecule has 1 fully saturated rings. The number of anilines is 1. The lowest BCUT2D eigenvalue weighted by molar-refractivity contribution is 0.0968. The van der Waals surface area contributed by atoms with Gasteiger partial charge in [-0.15, -0.1) is 0 Å². The quantitative estimate of drug-likeness (QED) is 0.648. The zero-order valence-electron chi connectivity index (χ0n) is 11.7. The summed E-state index contributed by atoms with van der Waals surface area (Å²) in [6.45, 7) is 2.10. The minimum atomic E-state index is 0.0716.